The summed E-state index contributed by atoms with van der Waals surface area (Å²) in [5, 5.41) is 15.7. The van der Waals surface area contributed by atoms with Gasteiger partial charge in [0.1, 0.15) is 5.75 Å². The van der Waals surface area contributed by atoms with E-state index in [1.54, 1.807) is 12.1 Å². The Morgan fingerprint density at radius 2 is 2.14 bits per heavy atom. The number of carbonyl (C=O) groups excluding carboxylic acids is 1. The van der Waals surface area contributed by atoms with Crippen molar-refractivity contribution in [3.63, 3.8) is 0 Å². The Labute approximate surface area is 132 Å². The highest BCUT2D eigenvalue weighted by Gasteiger charge is 2.26. The molecule has 1 aromatic carbocycles. The molecule has 0 saturated carbocycles. The molecular formula is C17H27N3O2. The smallest absolute Gasteiger partial charge is 0.317 e. The molecule has 1 aromatic rings. The molecule has 5 heteroatoms. The maximum Gasteiger partial charge on any atom is 0.317 e. The van der Waals surface area contributed by atoms with Crippen LogP contribution < -0.4 is 10.6 Å². The highest BCUT2D eigenvalue weighted by Crippen LogP contribution is 2.14. The Balaban J connectivity index is 1.70. The predicted octanol–water partition coefficient (Wildman–Crippen LogP) is 2.11. The van der Waals surface area contributed by atoms with Gasteiger partial charge in [0.15, 0.2) is 0 Å². The summed E-state index contributed by atoms with van der Waals surface area (Å²) in [4.78, 5) is 13.7. The van der Waals surface area contributed by atoms with E-state index in [4.69, 9.17) is 0 Å². The van der Waals surface area contributed by atoms with Gasteiger partial charge in [-0.1, -0.05) is 12.1 Å². The molecule has 0 aliphatic carbocycles. The molecule has 0 unspecified atom stereocenters. The van der Waals surface area contributed by atoms with Crippen LogP contribution in [0.15, 0.2) is 24.3 Å². The van der Waals surface area contributed by atoms with Crippen LogP contribution in [0.3, 0.4) is 0 Å². The van der Waals surface area contributed by atoms with Gasteiger partial charge in [-0.2, -0.15) is 0 Å². The van der Waals surface area contributed by atoms with Crippen LogP contribution in [0.25, 0.3) is 0 Å². The van der Waals surface area contributed by atoms with E-state index in [1.807, 2.05) is 24.0 Å². The van der Waals surface area contributed by atoms with Gasteiger partial charge in [0.2, 0.25) is 0 Å². The lowest BCUT2D eigenvalue weighted by Crippen LogP contribution is -2.42. The minimum atomic E-state index is 0.0450. The average Bonchev–Trinajstić information content (AvgIpc) is 2.95. The van der Waals surface area contributed by atoms with E-state index < -0.39 is 0 Å². The van der Waals surface area contributed by atoms with E-state index in [0.717, 1.165) is 32.4 Å². The lowest BCUT2D eigenvalue weighted by Gasteiger charge is -2.20. The Kier molecular flexibility index (Phi) is 6.07. The highest BCUT2D eigenvalue weighted by atomic mass is 16.3. The van der Waals surface area contributed by atoms with Crippen molar-refractivity contribution in [1.29, 1.82) is 0 Å². The van der Waals surface area contributed by atoms with E-state index in [2.05, 4.69) is 17.6 Å². The number of nitrogens with one attached hydrogen (secondary N) is 2. The molecule has 2 amide bonds. The van der Waals surface area contributed by atoms with Crippen molar-refractivity contribution in [1.82, 2.24) is 15.5 Å². The van der Waals surface area contributed by atoms with Gasteiger partial charge in [-0.3, -0.25) is 0 Å². The molecule has 122 valence electrons. The van der Waals surface area contributed by atoms with E-state index in [-0.39, 0.29) is 6.03 Å². The molecule has 1 fully saturated rings. The molecule has 1 heterocycles. The quantitative estimate of drug-likeness (QED) is 0.754. The van der Waals surface area contributed by atoms with E-state index in [1.165, 1.54) is 5.56 Å². The summed E-state index contributed by atoms with van der Waals surface area (Å²) >= 11 is 0. The monoisotopic (exact) mass is 305 g/mol. The minimum Gasteiger partial charge on any atom is -0.508 e. The zero-order chi connectivity index (χ0) is 15.9. The first kappa shape index (κ1) is 16.6. The van der Waals surface area contributed by atoms with Crippen LogP contribution in [0.4, 0.5) is 4.79 Å². The molecule has 5 nitrogen and oxygen atoms in total. The van der Waals surface area contributed by atoms with Gasteiger partial charge in [-0.05, 0) is 50.8 Å². The van der Waals surface area contributed by atoms with Gasteiger partial charge in [0.05, 0.1) is 0 Å². The van der Waals surface area contributed by atoms with Gasteiger partial charge in [0, 0.05) is 31.7 Å². The van der Waals surface area contributed by atoms with Crippen molar-refractivity contribution in [3.8, 4) is 5.75 Å². The normalized spacial score (nSPS) is 19.2. The first-order valence-electron chi connectivity index (χ1n) is 8.15. The summed E-state index contributed by atoms with van der Waals surface area (Å²) in [6, 6.07) is 8.24. The van der Waals surface area contributed by atoms with E-state index >= 15 is 0 Å². The number of likely N-dealkylation sites (tertiary alicyclic amines) is 1. The molecule has 2 rings (SSSR count). The molecule has 1 aliphatic rings. The first-order valence-corrected chi connectivity index (χ1v) is 8.15. The number of rotatable bonds is 6. The lowest BCUT2D eigenvalue weighted by atomic mass is 10.1. The number of aryl methyl sites for hydroxylation is 1. The number of benzene rings is 1. The van der Waals surface area contributed by atoms with Crippen LogP contribution in [0.1, 0.15) is 32.3 Å². The van der Waals surface area contributed by atoms with Crippen molar-refractivity contribution in [2.24, 2.45) is 0 Å². The number of nitrogens with zero attached hydrogens (tertiary/aromatic N) is 1. The standard InChI is InChI=1S/C17H27N3O2/c1-3-18-17(22)20-11-10-15(12-20)19-13(2)4-5-14-6-8-16(21)9-7-14/h6-9,13,15,19,21H,3-5,10-12H2,1-2H3,(H,18,22)/t13-,15-/m0/s1. The predicted molar refractivity (Wildman–Crippen MR) is 88.1 cm³/mol. The molecule has 3 N–H and O–H groups in total. The second-order valence-electron chi connectivity index (χ2n) is 6.04. The average molecular weight is 305 g/mol. The number of urea groups is 1. The molecule has 0 spiro atoms. The highest BCUT2D eigenvalue weighted by molar-refractivity contribution is 5.74. The topological polar surface area (TPSA) is 64.6 Å². The van der Waals surface area contributed by atoms with Gasteiger partial charge in [-0.25, -0.2) is 4.79 Å². The van der Waals surface area contributed by atoms with Crippen molar-refractivity contribution in [3.05, 3.63) is 29.8 Å². The van der Waals surface area contributed by atoms with Gasteiger partial charge >= 0.3 is 6.03 Å². The zero-order valence-corrected chi connectivity index (χ0v) is 13.5. The molecule has 22 heavy (non-hydrogen) atoms. The number of hydrogen-bond acceptors (Lipinski definition) is 3. The van der Waals surface area contributed by atoms with Crippen LogP contribution in [-0.4, -0.2) is 47.8 Å². The first-order chi connectivity index (χ1) is 10.6. The number of carbonyl (C=O) groups is 1. The van der Waals surface area contributed by atoms with Crippen LogP contribution in [-0.2, 0) is 6.42 Å². The van der Waals surface area contributed by atoms with Gasteiger partial charge < -0.3 is 20.6 Å². The summed E-state index contributed by atoms with van der Waals surface area (Å²) in [5.74, 6) is 0.311. The number of aromatic hydroxyl groups is 1. The Morgan fingerprint density at radius 3 is 2.82 bits per heavy atom. The Morgan fingerprint density at radius 1 is 1.41 bits per heavy atom. The summed E-state index contributed by atoms with van der Waals surface area (Å²) in [5.41, 5.74) is 1.24. The molecule has 1 saturated heterocycles. The van der Waals surface area contributed by atoms with Crippen LogP contribution in [0, 0.1) is 0 Å². The van der Waals surface area contributed by atoms with Crippen LogP contribution >= 0.6 is 0 Å². The fourth-order valence-corrected chi connectivity index (χ4v) is 2.88. The second kappa shape index (κ2) is 8.03. The summed E-state index contributed by atoms with van der Waals surface area (Å²) in [6.45, 7) is 6.42. The van der Waals surface area contributed by atoms with E-state index in [9.17, 15) is 9.90 Å². The Hall–Kier alpha value is -1.75. The molecule has 1 aliphatic heterocycles. The molecule has 0 aromatic heterocycles. The maximum absolute atomic E-state index is 11.8. The van der Waals surface area contributed by atoms with Crippen LogP contribution in [0.2, 0.25) is 0 Å². The fraction of sp³-hybridized carbons (Fsp3) is 0.588. The molecule has 0 radical (unpaired) electrons. The minimum absolute atomic E-state index is 0.0450. The second-order valence-corrected chi connectivity index (χ2v) is 6.04. The SMILES string of the molecule is CCNC(=O)N1CC[C@H](N[C@@H](C)CCc2ccc(O)cc2)C1. The zero-order valence-electron chi connectivity index (χ0n) is 13.5. The van der Waals surface area contributed by atoms with Gasteiger partial charge in [-0.15, -0.1) is 0 Å². The van der Waals surface area contributed by atoms with Crippen molar-refractivity contribution >= 4 is 6.03 Å². The summed E-state index contributed by atoms with van der Waals surface area (Å²) in [7, 11) is 0. The van der Waals surface area contributed by atoms with Crippen molar-refractivity contribution < 1.29 is 9.90 Å². The van der Waals surface area contributed by atoms with Crippen LogP contribution in [0.5, 0.6) is 5.75 Å². The fourth-order valence-electron chi connectivity index (χ4n) is 2.88. The molecular weight excluding hydrogens is 278 g/mol. The number of phenols is 1. The molecule has 2 atom stereocenters. The third-order valence-electron chi connectivity index (χ3n) is 4.13. The number of phenolic OH excluding ortho intramolecular Hbond substituents is 1. The third-order valence-corrected chi connectivity index (χ3v) is 4.13. The summed E-state index contributed by atoms with van der Waals surface area (Å²) in [6.07, 6.45) is 3.05. The summed E-state index contributed by atoms with van der Waals surface area (Å²) < 4.78 is 0. The lowest BCUT2D eigenvalue weighted by molar-refractivity contribution is 0.208. The third kappa shape index (κ3) is 4.91. The Bertz CT molecular complexity index is 475. The number of hydrogen-bond donors (Lipinski definition) is 3. The van der Waals surface area contributed by atoms with Gasteiger partial charge in [0.25, 0.3) is 0 Å². The van der Waals surface area contributed by atoms with E-state index in [0.29, 0.717) is 24.4 Å². The van der Waals surface area contributed by atoms with Crippen molar-refractivity contribution in [2.45, 2.75) is 45.2 Å². The largest absolute Gasteiger partial charge is 0.508 e. The molecule has 0 bridgehead atoms. The van der Waals surface area contributed by atoms with Crippen molar-refractivity contribution in [2.75, 3.05) is 19.6 Å². The number of amides is 2. The maximum atomic E-state index is 11.8.